The summed E-state index contributed by atoms with van der Waals surface area (Å²) in [5.74, 6) is -0.176. The number of halogens is 5. The predicted molar refractivity (Wildman–Crippen MR) is 88.1 cm³/mol. The summed E-state index contributed by atoms with van der Waals surface area (Å²) in [5.41, 5.74) is 5.97. The highest BCUT2D eigenvalue weighted by molar-refractivity contribution is 5.93. The standard InChI is InChI=1S/C14H14F3N3O3.2ClH/c15-14(16,17)8-23-13-9(2-1-3-19-13)6-20-12(21)10-4-11(5-18)22-7-10;;/h1-4,7H,5-6,8,18H2,(H,20,21);2*1H. The molecule has 140 valence electrons. The Labute approximate surface area is 153 Å². The number of nitrogens with zero attached hydrogens (tertiary/aromatic N) is 1. The molecule has 2 aromatic heterocycles. The van der Waals surface area contributed by atoms with Crippen LogP contribution in [0.2, 0.25) is 0 Å². The topological polar surface area (TPSA) is 90.4 Å². The van der Waals surface area contributed by atoms with E-state index in [9.17, 15) is 18.0 Å². The summed E-state index contributed by atoms with van der Waals surface area (Å²) >= 11 is 0. The first-order chi connectivity index (χ1) is 10.9. The Morgan fingerprint density at radius 2 is 2.08 bits per heavy atom. The van der Waals surface area contributed by atoms with Crippen molar-refractivity contribution < 1.29 is 27.1 Å². The Hall–Kier alpha value is -1.97. The Balaban J connectivity index is 0.00000288. The van der Waals surface area contributed by atoms with E-state index >= 15 is 0 Å². The van der Waals surface area contributed by atoms with Crippen LogP contribution in [-0.4, -0.2) is 23.7 Å². The Bertz CT molecular complexity index is 681. The molecule has 0 atom stereocenters. The minimum atomic E-state index is -4.46. The van der Waals surface area contributed by atoms with Crippen molar-refractivity contribution in [3.8, 4) is 5.88 Å². The molecular weight excluding hydrogens is 386 g/mol. The lowest BCUT2D eigenvalue weighted by atomic mass is 10.2. The molecule has 25 heavy (non-hydrogen) atoms. The fourth-order valence-electron chi connectivity index (χ4n) is 1.72. The number of carbonyl (C=O) groups excluding carboxylic acids is 1. The number of carbonyl (C=O) groups is 1. The van der Waals surface area contributed by atoms with Crippen molar-refractivity contribution in [3.05, 3.63) is 47.5 Å². The van der Waals surface area contributed by atoms with Crippen molar-refractivity contribution in [2.24, 2.45) is 5.73 Å². The maximum absolute atomic E-state index is 12.2. The van der Waals surface area contributed by atoms with Gasteiger partial charge in [0.15, 0.2) is 6.61 Å². The van der Waals surface area contributed by atoms with Gasteiger partial charge in [0.1, 0.15) is 12.0 Å². The monoisotopic (exact) mass is 401 g/mol. The molecule has 0 fully saturated rings. The van der Waals surface area contributed by atoms with E-state index in [0.29, 0.717) is 11.3 Å². The molecule has 0 saturated heterocycles. The summed E-state index contributed by atoms with van der Waals surface area (Å²) in [7, 11) is 0. The number of amides is 1. The number of furan rings is 1. The number of nitrogens with one attached hydrogen (secondary N) is 1. The molecule has 2 rings (SSSR count). The summed E-state index contributed by atoms with van der Waals surface area (Å²) in [5, 5.41) is 2.55. The number of ether oxygens (including phenoxy) is 1. The molecular formula is C14H16Cl2F3N3O3. The van der Waals surface area contributed by atoms with Crippen LogP contribution < -0.4 is 15.8 Å². The van der Waals surface area contributed by atoms with Crippen LogP contribution in [0.3, 0.4) is 0 Å². The van der Waals surface area contributed by atoms with Crippen LogP contribution in [0.15, 0.2) is 35.1 Å². The van der Waals surface area contributed by atoms with Gasteiger partial charge < -0.3 is 20.2 Å². The second-order valence-electron chi connectivity index (χ2n) is 4.56. The second kappa shape index (κ2) is 10.1. The highest BCUT2D eigenvalue weighted by Gasteiger charge is 2.29. The number of rotatable bonds is 6. The maximum atomic E-state index is 12.2. The van der Waals surface area contributed by atoms with Gasteiger partial charge in [-0.25, -0.2) is 4.98 Å². The van der Waals surface area contributed by atoms with Crippen molar-refractivity contribution in [2.45, 2.75) is 19.3 Å². The van der Waals surface area contributed by atoms with Gasteiger partial charge in [0.2, 0.25) is 5.88 Å². The Morgan fingerprint density at radius 3 is 2.68 bits per heavy atom. The van der Waals surface area contributed by atoms with Crippen LogP contribution in [0.1, 0.15) is 21.7 Å². The minimum absolute atomic E-state index is 0. The van der Waals surface area contributed by atoms with Crippen LogP contribution in [0.4, 0.5) is 13.2 Å². The van der Waals surface area contributed by atoms with Crippen LogP contribution in [0, 0.1) is 0 Å². The molecule has 1 amide bonds. The van der Waals surface area contributed by atoms with Crippen LogP contribution in [-0.2, 0) is 13.1 Å². The van der Waals surface area contributed by atoms with Crippen LogP contribution in [0.25, 0.3) is 0 Å². The second-order valence-corrected chi connectivity index (χ2v) is 4.56. The zero-order valence-electron chi connectivity index (χ0n) is 12.7. The van der Waals surface area contributed by atoms with E-state index in [-0.39, 0.29) is 49.3 Å². The first-order valence-corrected chi connectivity index (χ1v) is 6.58. The number of hydrogen-bond acceptors (Lipinski definition) is 5. The molecule has 2 aromatic rings. The SMILES string of the molecule is Cl.Cl.NCc1cc(C(=O)NCc2cccnc2OCC(F)(F)F)co1. The number of pyridine rings is 1. The van der Waals surface area contributed by atoms with Crippen LogP contribution >= 0.6 is 24.8 Å². The van der Waals surface area contributed by atoms with Crippen LogP contribution in [0.5, 0.6) is 5.88 Å². The first-order valence-electron chi connectivity index (χ1n) is 6.58. The largest absolute Gasteiger partial charge is 0.468 e. The molecule has 11 heteroatoms. The average Bonchev–Trinajstić information content (AvgIpc) is 2.99. The Kier molecular flexibility index (Phi) is 9.32. The van der Waals surface area contributed by atoms with Gasteiger partial charge >= 0.3 is 6.18 Å². The molecule has 0 aliphatic heterocycles. The van der Waals surface area contributed by atoms with Gasteiger partial charge in [-0.15, -0.1) is 24.8 Å². The third-order valence-electron chi connectivity index (χ3n) is 2.78. The molecule has 0 bridgehead atoms. The van der Waals surface area contributed by atoms with Gasteiger partial charge in [-0.05, 0) is 12.1 Å². The third-order valence-corrected chi connectivity index (χ3v) is 2.78. The fraction of sp³-hybridized carbons (Fsp3) is 0.286. The molecule has 0 aromatic carbocycles. The molecule has 0 radical (unpaired) electrons. The number of nitrogens with two attached hydrogens (primary N) is 1. The lowest BCUT2D eigenvalue weighted by Gasteiger charge is -2.12. The van der Waals surface area contributed by atoms with E-state index in [2.05, 4.69) is 15.0 Å². The summed E-state index contributed by atoms with van der Waals surface area (Å²) in [6, 6.07) is 4.53. The molecule has 0 aliphatic carbocycles. The van der Waals surface area contributed by atoms with Crippen molar-refractivity contribution in [2.75, 3.05) is 6.61 Å². The van der Waals surface area contributed by atoms with E-state index in [4.69, 9.17) is 10.2 Å². The predicted octanol–water partition coefficient (Wildman–Crippen LogP) is 2.85. The van der Waals surface area contributed by atoms with Crippen molar-refractivity contribution in [1.29, 1.82) is 0 Å². The molecule has 3 N–H and O–H groups in total. The number of alkyl halides is 3. The van der Waals surface area contributed by atoms with Crippen molar-refractivity contribution in [3.63, 3.8) is 0 Å². The van der Waals surface area contributed by atoms with E-state index in [0.717, 1.165) is 0 Å². The van der Waals surface area contributed by atoms with E-state index in [1.54, 1.807) is 0 Å². The van der Waals surface area contributed by atoms with Gasteiger partial charge in [-0.2, -0.15) is 13.2 Å². The van der Waals surface area contributed by atoms with Gasteiger partial charge in [0, 0.05) is 18.3 Å². The van der Waals surface area contributed by atoms with E-state index < -0.39 is 18.7 Å². The molecule has 0 saturated carbocycles. The molecule has 0 unspecified atom stereocenters. The quantitative estimate of drug-likeness (QED) is 0.776. The smallest absolute Gasteiger partial charge is 0.422 e. The first kappa shape index (κ1) is 23.0. The summed E-state index contributed by atoms with van der Waals surface area (Å²) in [4.78, 5) is 15.7. The van der Waals surface area contributed by atoms with Gasteiger partial charge in [-0.3, -0.25) is 4.79 Å². The highest BCUT2D eigenvalue weighted by atomic mass is 35.5. The molecule has 0 aliphatic rings. The fourth-order valence-corrected chi connectivity index (χ4v) is 1.72. The summed E-state index contributed by atoms with van der Waals surface area (Å²) in [6.45, 7) is -1.33. The van der Waals surface area contributed by atoms with E-state index in [1.807, 2.05) is 0 Å². The molecule has 2 heterocycles. The Morgan fingerprint density at radius 1 is 1.36 bits per heavy atom. The number of hydrogen-bond donors (Lipinski definition) is 2. The lowest BCUT2D eigenvalue weighted by Crippen LogP contribution is -2.24. The maximum Gasteiger partial charge on any atom is 0.422 e. The highest BCUT2D eigenvalue weighted by Crippen LogP contribution is 2.20. The van der Waals surface area contributed by atoms with Gasteiger partial charge in [0.25, 0.3) is 5.91 Å². The summed E-state index contributed by atoms with van der Waals surface area (Å²) in [6.07, 6.45) is -1.91. The van der Waals surface area contributed by atoms with Gasteiger partial charge in [-0.1, -0.05) is 6.07 Å². The van der Waals surface area contributed by atoms with Gasteiger partial charge in [0.05, 0.1) is 12.1 Å². The molecule has 0 spiro atoms. The zero-order valence-corrected chi connectivity index (χ0v) is 14.3. The third kappa shape index (κ3) is 7.20. The van der Waals surface area contributed by atoms with E-state index in [1.165, 1.54) is 30.7 Å². The summed E-state index contributed by atoms with van der Waals surface area (Å²) < 4.78 is 46.3. The van der Waals surface area contributed by atoms with Crippen molar-refractivity contribution >= 4 is 30.7 Å². The average molecular weight is 402 g/mol. The van der Waals surface area contributed by atoms with Crippen molar-refractivity contribution in [1.82, 2.24) is 10.3 Å². The normalized spacial score (nSPS) is 10.4. The zero-order chi connectivity index (χ0) is 16.9. The minimum Gasteiger partial charge on any atom is -0.468 e. The number of aromatic nitrogens is 1. The molecule has 6 nitrogen and oxygen atoms in total. The lowest BCUT2D eigenvalue weighted by molar-refractivity contribution is -0.154.